The first kappa shape index (κ1) is 103. The number of rotatable bonds is 39. The number of fused-ring (bicyclic) bond motifs is 12. The molecule has 6 heterocycles. The molecule has 0 aliphatic carbocycles. The molecule has 9 aromatic rings. The van der Waals surface area contributed by atoms with E-state index in [1.54, 1.807) is 43.3 Å². The minimum absolute atomic E-state index is 0.0123. The number of likely N-dealkylation sites (N-methyl/N-ethyl adjacent to an activating group) is 3. The lowest BCUT2D eigenvalue weighted by atomic mass is 9.77. The number of anilines is 3. The number of hydrogen-bond acceptors (Lipinski definition) is 26. The number of carbonyl (C=O) groups excluding carboxylic acids is 6. The summed E-state index contributed by atoms with van der Waals surface area (Å²) in [6.45, 7) is 41.3. The van der Waals surface area contributed by atoms with Crippen molar-refractivity contribution in [3.8, 4) is 34.5 Å². The minimum atomic E-state index is -1.79. The van der Waals surface area contributed by atoms with Crippen molar-refractivity contribution < 1.29 is 93.8 Å². The zero-order valence-corrected chi connectivity index (χ0v) is 87.6. The zero-order valence-electron chi connectivity index (χ0n) is 83.6. The van der Waals surface area contributed by atoms with Crippen LogP contribution in [0, 0.1) is 0 Å². The number of esters is 6. The maximum Gasteiger partial charge on any atom is 0.311 e. The molecule has 15 rings (SSSR count). The summed E-state index contributed by atoms with van der Waals surface area (Å²) in [5.41, 5.74) is 5.58. The lowest BCUT2D eigenvalue weighted by Gasteiger charge is -2.45. The van der Waals surface area contributed by atoms with Crippen LogP contribution in [0.25, 0.3) is 32.3 Å². The SMILES string of the molecule is CCCC[Si](C)(C)O[Si](C)(C)CCCOCCOC(=O)CCC(=O)Oc1ccc2ccc3c(c2c1)N=CC1(O3)N(C)c2ccccc2C1(C)C.CCOC(=O)CCC(=O)Oc1ccc2ccc3c(c2c1)N=CC1(O3)N(C)c2ccccc2C1(C)C.CCOCCC[Si](C)(C)O[Si](C)(C)CCCOCCOC(=O)CCC(=O)Oc1ccc2ccc3c(c2c1)N=CC1(O3)N(C)c2ccccc2C1(C)C. The monoisotopic (exact) mass is 1940 g/mol. The third kappa shape index (κ3) is 23.5. The summed E-state index contributed by atoms with van der Waals surface area (Å²) in [6.07, 6.45) is 10.6. The molecule has 0 bridgehead atoms. The third-order valence-electron chi connectivity index (χ3n) is 26.9. The molecule has 26 nitrogen and oxygen atoms in total. The van der Waals surface area contributed by atoms with Gasteiger partial charge in [0.05, 0.1) is 93.2 Å². The Labute approximate surface area is 811 Å². The number of hydrogen-bond donors (Lipinski definition) is 0. The van der Waals surface area contributed by atoms with Crippen LogP contribution in [0.15, 0.2) is 179 Å². The number of unbranched alkanes of at least 4 members (excludes halogenated alkanes) is 1. The number of benzene rings is 9. The first-order valence-electron chi connectivity index (χ1n) is 48.3. The van der Waals surface area contributed by atoms with Crippen molar-refractivity contribution >= 4 is 154 Å². The summed E-state index contributed by atoms with van der Waals surface area (Å²) < 4.78 is 82.7. The van der Waals surface area contributed by atoms with E-state index in [9.17, 15) is 28.8 Å². The first-order valence-corrected chi connectivity index (χ1v) is 60.7. The Morgan fingerprint density at radius 2 is 0.613 bits per heavy atom. The van der Waals surface area contributed by atoms with E-state index in [4.69, 9.17) is 80.0 Å². The molecule has 732 valence electrons. The molecular formula is C107H138N6O20Si4. The fraction of sp³-hybridized carbons (Fsp3) is 0.467. The third-order valence-corrected chi connectivity index (χ3v) is 42.0. The molecule has 0 fully saturated rings. The molecule has 0 saturated heterocycles. The van der Waals surface area contributed by atoms with Crippen molar-refractivity contribution in [1.29, 1.82) is 0 Å². The van der Waals surface area contributed by atoms with Gasteiger partial charge in [-0.15, -0.1) is 0 Å². The predicted molar refractivity (Wildman–Crippen MR) is 551 cm³/mol. The Balaban J connectivity index is 0.000000177. The van der Waals surface area contributed by atoms with Gasteiger partial charge < -0.3 is 79.8 Å². The number of carbonyl (C=O) groups is 6. The summed E-state index contributed by atoms with van der Waals surface area (Å²) in [5, 5.41) is 5.28. The van der Waals surface area contributed by atoms with Crippen LogP contribution in [0.5, 0.6) is 34.5 Å². The predicted octanol–water partition coefficient (Wildman–Crippen LogP) is 22.8. The highest BCUT2D eigenvalue weighted by atomic mass is 28.4. The Bertz CT molecular complexity index is 5980. The molecule has 0 radical (unpaired) electrons. The highest BCUT2D eigenvalue weighted by molar-refractivity contribution is 6.85. The Kier molecular flexibility index (Phi) is 32.9. The number of ether oxygens (including phenoxy) is 12. The number of aliphatic imine (C=N–C) groups is 3. The number of nitrogens with zero attached hydrogens (tertiary/aromatic N) is 6. The quantitative estimate of drug-likeness (QED) is 0.0114. The van der Waals surface area contributed by atoms with Crippen LogP contribution in [0.1, 0.15) is 150 Å². The smallest absolute Gasteiger partial charge is 0.311 e. The van der Waals surface area contributed by atoms with Gasteiger partial charge in [0.1, 0.15) is 64.8 Å². The molecule has 9 aromatic carbocycles. The van der Waals surface area contributed by atoms with Gasteiger partial charge in [0.2, 0.25) is 17.2 Å². The Morgan fingerprint density at radius 1 is 0.328 bits per heavy atom. The maximum absolute atomic E-state index is 12.7. The fourth-order valence-electron chi connectivity index (χ4n) is 19.7. The second-order valence-corrected chi connectivity index (χ2v) is 57.6. The second-order valence-electron chi connectivity index (χ2n) is 39.9. The van der Waals surface area contributed by atoms with E-state index in [1.807, 2.05) is 132 Å². The van der Waals surface area contributed by atoms with E-state index < -0.39 is 86.3 Å². The van der Waals surface area contributed by atoms with Crippen molar-refractivity contribution in [3.63, 3.8) is 0 Å². The van der Waals surface area contributed by atoms with Crippen molar-refractivity contribution in [2.75, 3.05) is 95.3 Å². The minimum Gasteiger partial charge on any atom is -0.466 e. The number of para-hydroxylation sites is 3. The highest BCUT2D eigenvalue weighted by Gasteiger charge is 2.61. The van der Waals surface area contributed by atoms with E-state index in [0.29, 0.717) is 78.0 Å². The van der Waals surface area contributed by atoms with Gasteiger partial charge >= 0.3 is 35.8 Å². The largest absolute Gasteiger partial charge is 0.466 e. The summed E-state index contributed by atoms with van der Waals surface area (Å²) in [5.74, 6) is 0.262. The molecule has 0 N–H and O–H groups in total. The molecular weight excluding hydrogens is 1800 g/mol. The molecule has 3 atom stereocenters. The van der Waals surface area contributed by atoms with Gasteiger partial charge in [0.15, 0.2) is 33.3 Å². The molecule has 0 saturated carbocycles. The summed E-state index contributed by atoms with van der Waals surface area (Å²) in [6, 6.07) is 57.4. The Hall–Kier alpha value is -10.9. The van der Waals surface area contributed by atoms with Crippen LogP contribution in [-0.2, 0) is 81.7 Å². The standard InChI is InChI=1S/C40H56N2O8Si2.C39H54N2O7Si2.C28H28N2O5/c1-9-45-22-12-26-51(5,6)50-52(7,8)27-13-23-46-24-25-47-36(43)20-21-37(44)48-31-18-16-30-17-19-35-38(32(30)28-31)41-29-40(49-35)39(2,3)33-14-10-11-15-34(33)42(40)4;1-9-10-25-49(5,6)48-50(7,8)26-13-22-44-23-24-45-35(42)20-21-36(43)46-30-18-16-29-17-19-34-37(31(29)27-30)40-28-39(47-34)38(2,3)32-14-11-12-15-33(32)41(39)4;1-5-33-24(31)14-15-25(32)34-19-12-10-18-11-13-23-26(20(18)16-19)29-17-28(35-23)27(2,3)21-8-6-7-9-22(21)30(28)4/h10-11,14-19,28-29H,9,12-13,20-27H2,1-8H3;11-12,14-19,27-28H,9-10,13,20-26H2,1-8H3;6-13,16-17H,5,14-15H2,1-4H3. The van der Waals surface area contributed by atoms with Crippen LogP contribution >= 0.6 is 0 Å². The van der Waals surface area contributed by atoms with Crippen LogP contribution < -0.4 is 43.1 Å². The molecule has 0 aromatic heterocycles. The van der Waals surface area contributed by atoms with E-state index in [2.05, 4.69) is 158 Å². The van der Waals surface area contributed by atoms with Crippen molar-refractivity contribution in [1.82, 2.24) is 0 Å². The molecule has 6 aliphatic heterocycles. The first-order chi connectivity index (χ1) is 65.1. The molecule has 3 unspecified atom stereocenters. The maximum atomic E-state index is 12.7. The average molecular weight is 1940 g/mol. The van der Waals surface area contributed by atoms with Crippen molar-refractivity contribution in [3.05, 3.63) is 180 Å². The highest BCUT2D eigenvalue weighted by Crippen LogP contribution is 2.58. The van der Waals surface area contributed by atoms with E-state index >= 15 is 0 Å². The second kappa shape index (κ2) is 43.6. The summed E-state index contributed by atoms with van der Waals surface area (Å²) in [4.78, 5) is 94.9. The van der Waals surface area contributed by atoms with Gasteiger partial charge in [-0.3, -0.25) is 43.7 Å². The van der Waals surface area contributed by atoms with Gasteiger partial charge in [-0.2, -0.15) is 0 Å². The molecule has 3 spiro atoms. The van der Waals surface area contributed by atoms with Crippen LogP contribution in [-0.4, -0.2) is 186 Å². The van der Waals surface area contributed by atoms with Gasteiger partial charge in [-0.25, -0.2) is 0 Å². The topological polar surface area (TPSA) is 278 Å². The average Bonchev–Trinajstić information content (AvgIpc) is 1.56. The van der Waals surface area contributed by atoms with Gasteiger partial charge in [-0.05, 0) is 257 Å². The lowest BCUT2D eigenvalue weighted by molar-refractivity contribution is -0.148. The summed E-state index contributed by atoms with van der Waals surface area (Å²) >= 11 is 0. The molecule has 6 aliphatic rings. The van der Waals surface area contributed by atoms with Crippen LogP contribution in [0.4, 0.5) is 34.1 Å². The van der Waals surface area contributed by atoms with Gasteiger partial charge in [0.25, 0.3) is 0 Å². The normalized spacial score (nSPS) is 18.1. The van der Waals surface area contributed by atoms with Crippen LogP contribution in [0.2, 0.25) is 76.6 Å². The fourth-order valence-corrected chi connectivity index (χ4v) is 37.5. The molecule has 0 amide bonds. The zero-order chi connectivity index (χ0) is 98.5. The summed E-state index contributed by atoms with van der Waals surface area (Å²) in [7, 11) is -0.754. The van der Waals surface area contributed by atoms with Crippen molar-refractivity contribution in [2.45, 2.75) is 243 Å². The van der Waals surface area contributed by atoms with Crippen molar-refractivity contribution in [2.24, 2.45) is 15.0 Å². The lowest BCUT2D eigenvalue weighted by Crippen LogP contribution is -2.61. The van der Waals surface area contributed by atoms with Gasteiger partial charge in [-0.1, -0.05) is 111 Å². The van der Waals surface area contributed by atoms with E-state index in [0.717, 1.165) is 100.0 Å². The van der Waals surface area contributed by atoms with Crippen LogP contribution in [0.3, 0.4) is 0 Å². The molecule has 137 heavy (non-hydrogen) atoms. The van der Waals surface area contributed by atoms with Gasteiger partial charge in [0, 0.05) is 80.8 Å². The molecule has 30 heteroatoms. The van der Waals surface area contributed by atoms with E-state index in [1.165, 1.54) is 35.6 Å². The Morgan fingerprint density at radius 3 is 0.912 bits per heavy atom. The van der Waals surface area contributed by atoms with E-state index in [-0.39, 0.29) is 74.6 Å².